The molecule has 4 rings (SSSR count). The Morgan fingerprint density at radius 1 is 1.15 bits per heavy atom. The quantitative estimate of drug-likeness (QED) is 0.911. The Balaban J connectivity index is 1.51. The zero-order valence-corrected chi connectivity index (χ0v) is 15.7. The highest BCUT2D eigenvalue weighted by Gasteiger charge is 2.43. The predicted molar refractivity (Wildman–Crippen MR) is 103 cm³/mol. The van der Waals surface area contributed by atoms with Gasteiger partial charge in [-0.25, -0.2) is 9.97 Å². The Morgan fingerprint density at radius 2 is 1.88 bits per heavy atom. The van der Waals surface area contributed by atoms with E-state index in [1.807, 2.05) is 18.5 Å². The highest BCUT2D eigenvalue weighted by molar-refractivity contribution is 5.40. The summed E-state index contributed by atoms with van der Waals surface area (Å²) in [5.74, 6) is 2.51. The lowest BCUT2D eigenvalue weighted by Gasteiger charge is -2.47. The van der Waals surface area contributed by atoms with Crippen molar-refractivity contribution < 1.29 is 4.74 Å². The topological polar surface area (TPSA) is 50.3 Å². The van der Waals surface area contributed by atoms with Gasteiger partial charge in [0.25, 0.3) is 0 Å². The van der Waals surface area contributed by atoms with Crippen LogP contribution in [0.25, 0.3) is 0 Å². The zero-order chi connectivity index (χ0) is 18.0. The Labute approximate surface area is 155 Å². The Morgan fingerprint density at radius 3 is 2.62 bits per heavy atom. The number of nitrogens with one attached hydrogen (secondary N) is 1. The van der Waals surface area contributed by atoms with Crippen molar-refractivity contribution >= 4 is 5.95 Å². The third-order valence-corrected chi connectivity index (χ3v) is 5.48. The molecule has 2 aliphatic heterocycles. The molecule has 1 atom stereocenters. The minimum absolute atomic E-state index is 0.0890. The Kier molecular flexibility index (Phi) is 4.81. The number of benzene rings is 1. The van der Waals surface area contributed by atoms with Gasteiger partial charge >= 0.3 is 0 Å². The average Bonchev–Trinajstić information content (AvgIpc) is 2.67. The molecule has 0 aliphatic carbocycles. The number of hydrogen-bond acceptors (Lipinski definition) is 5. The van der Waals surface area contributed by atoms with Crippen LogP contribution in [-0.2, 0) is 0 Å². The number of ether oxygens (including phenoxy) is 1. The van der Waals surface area contributed by atoms with E-state index in [1.165, 1.54) is 5.56 Å². The van der Waals surface area contributed by atoms with Crippen LogP contribution in [0.15, 0.2) is 42.7 Å². The first kappa shape index (κ1) is 17.3. The molecule has 1 aromatic heterocycles. The summed E-state index contributed by atoms with van der Waals surface area (Å²) in [5, 5.41) is 3.77. The van der Waals surface area contributed by atoms with Gasteiger partial charge in [-0.3, -0.25) is 0 Å². The summed E-state index contributed by atoms with van der Waals surface area (Å²) in [4.78, 5) is 11.1. The second-order valence-electron chi connectivity index (χ2n) is 7.92. The summed E-state index contributed by atoms with van der Waals surface area (Å²) >= 11 is 0. The molecule has 26 heavy (non-hydrogen) atoms. The molecule has 1 unspecified atom stereocenters. The van der Waals surface area contributed by atoms with Gasteiger partial charge in [-0.15, -0.1) is 0 Å². The number of rotatable bonds is 4. The molecule has 5 nitrogen and oxygen atoms in total. The molecule has 0 amide bonds. The van der Waals surface area contributed by atoms with Gasteiger partial charge in [0.15, 0.2) is 0 Å². The fourth-order valence-corrected chi connectivity index (χ4v) is 4.05. The molecule has 5 heteroatoms. The van der Waals surface area contributed by atoms with E-state index < -0.39 is 0 Å². The normalized spacial score (nSPS) is 21.5. The third-order valence-electron chi connectivity index (χ3n) is 5.48. The lowest BCUT2D eigenvalue weighted by molar-refractivity contribution is 0.00774. The average molecular weight is 352 g/mol. The van der Waals surface area contributed by atoms with Crippen LogP contribution in [0, 0.1) is 5.92 Å². The number of hydrogen-bond donors (Lipinski definition) is 1. The largest absolute Gasteiger partial charge is 0.487 e. The van der Waals surface area contributed by atoms with Crippen LogP contribution in [0.3, 0.4) is 0 Å². The van der Waals surface area contributed by atoms with Gasteiger partial charge in [0.1, 0.15) is 11.4 Å². The van der Waals surface area contributed by atoms with Crippen LogP contribution < -0.4 is 15.0 Å². The number of anilines is 1. The van der Waals surface area contributed by atoms with Crippen molar-refractivity contribution in [2.75, 3.05) is 24.5 Å². The van der Waals surface area contributed by atoms with Crippen molar-refractivity contribution in [2.45, 2.75) is 44.8 Å². The van der Waals surface area contributed by atoms with Crippen LogP contribution in [-0.4, -0.2) is 35.2 Å². The van der Waals surface area contributed by atoms with Crippen LogP contribution in [0.2, 0.25) is 0 Å². The number of fused-ring (bicyclic) bond motifs is 1. The Bertz CT molecular complexity index is 726. The summed E-state index contributed by atoms with van der Waals surface area (Å²) in [6, 6.07) is 10.7. The molecular formula is C21H28N4O. The van der Waals surface area contributed by atoms with Crippen molar-refractivity contribution in [1.82, 2.24) is 15.3 Å². The first-order chi connectivity index (χ1) is 12.7. The molecule has 1 spiro atoms. The molecule has 2 aliphatic rings. The monoisotopic (exact) mass is 352 g/mol. The van der Waals surface area contributed by atoms with E-state index in [2.05, 4.69) is 58.3 Å². The van der Waals surface area contributed by atoms with Crippen molar-refractivity contribution in [3.63, 3.8) is 0 Å². The summed E-state index contributed by atoms with van der Waals surface area (Å²) in [6.45, 7) is 7.41. The highest BCUT2D eigenvalue weighted by Crippen LogP contribution is 2.44. The molecule has 0 radical (unpaired) electrons. The Hall–Kier alpha value is -2.14. The lowest BCUT2D eigenvalue weighted by Crippen LogP contribution is -2.52. The fraction of sp³-hybridized carbons (Fsp3) is 0.524. The molecule has 2 aromatic rings. The van der Waals surface area contributed by atoms with E-state index in [9.17, 15) is 0 Å². The maximum Gasteiger partial charge on any atom is 0.225 e. The molecule has 0 bridgehead atoms. The standard InChI is InChI=1S/C21H28N4O/c1-16(2)15-24-18-14-21(26-19-7-4-3-6-17(18)19)8-12-25(13-9-21)20-22-10-5-11-23-20/h3-7,10-11,16,18,24H,8-9,12-15H2,1-2H3. The molecule has 1 fully saturated rings. The van der Waals surface area contributed by atoms with Crippen molar-refractivity contribution in [3.8, 4) is 5.75 Å². The van der Waals surface area contributed by atoms with Gasteiger partial charge in [-0.1, -0.05) is 32.0 Å². The second-order valence-corrected chi connectivity index (χ2v) is 7.92. The minimum atomic E-state index is -0.0890. The van der Waals surface area contributed by atoms with Crippen LogP contribution in [0.5, 0.6) is 5.75 Å². The first-order valence-corrected chi connectivity index (χ1v) is 9.68. The van der Waals surface area contributed by atoms with Gasteiger partial charge in [0.2, 0.25) is 5.95 Å². The number of aromatic nitrogens is 2. The maximum absolute atomic E-state index is 6.57. The molecule has 0 saturated carbocycles. The minimum Gasteiger partial charge on any atom is -0.487 e. The van der Waals surface area contributed by atoms with Crippen LogP contribution in [0.1, 0.15) is 44.7 Å². The third kappa shape index (κ3) is 3.54. The molecule has 1 aromatic carbocycles. The predicted octanol–water partition coefficient (Wildman–Crippen LogP) is 3.59. The van der Waals surface area contributed by atoms with E-state index in [0.29, 0.717) is 12.0 Å². The highest BCUT2D eigenvalue weighted by atomic mass is 16.5. The lowest BCUT2D eigenvalue weighted by atomic mass is 9.80. The van der Waals surface area contributed by atoms with Crippen molar-refractivity contribution in [3.05, 3.63) is 48.3 Å². The molecule has 3 heterocycles. The zero-order valence-electron chi connectivity index (χ0n) is 15.7. The molecule has 1 saturated heterocycles. The smallest absolute Gasteiger partial charge is 0.225 e. The van der Waals surface area contributed by atoms with Gasteiger partial charge in [0.05, 0.1) is 0 Å². The van der Waals surface area contributed by atoms with E-state index in [-0.39, 0.29) is 5.60 Å². The van der Waals surface area contributed by atoms with Gasteiger partial charge < -0.3 is 15.0 Å². The second kappa shape index (κ2) is 7.23. The van der Waals surface area contributed by atoms with Crippen LogP contribution >= 0.6 is 0 Å². The molecule has 138 valence electrons. The number of para-hydroxylation sites is 1. The number of piperidine rings is 1. The van der Waals surface area contributed by atoms with Crippen molar-refractivity contribution in [1.29, 1.82) is 0 Å². The summed E-state index contributed by atoms with van der Waals surface area (Å²) in [7, 11) is 0. The fourth-order valence-electron chi connectivity index (χ4n) is 4.05. The summed E-state index contributed by atoms with van der Waals surface area (Å²) in [5.41, 5.74) is 1.21. The summed E-state index contributed by atoms with van der Waals surface area (Å²) < 4.78 is 6.57. The maximum atomic E-state index is 6.57. The van der Waals surface area contributed by atoms with E-state index >= 15 is 0 Å². The van der Waals surface area contributed by atoms with Gasteiger partial charge in [-0.2, -0.15) is 0 Å². The number of nitrogens with zero attached hydrogens (tertiary/aromatic N) is 3. The van der Waals surface area contributed by atoms with E-state index in [0.717, 1.165) is 50.6 Å². The summed E-state index contributed by atoms with van der Waals surface area (Å²) in [6.07, 6.45) is 6.65. The first-order valence-electron chi connectivity index (χ1n) is 9.68. The molecule has 1 N–H and O–H groups in total. The van der Waals surface area contributed by atoms with Gasteiger partial charge in [-0.05, 0) is 24.6 Å². The van der Waals surface area contributed by atoms with E-state index in [4.69, 9.17) is 4.74 Å². The van der Waals surface area contributed by atoms with Gasteiger partial charge in [0, 0.05) is 56.4 Å². The molecular weight excluding hydrogens is 324 g/mol. The SMILES string of the molecule is CC(C)CNC1CC2(CCN(c3ncccn3)CC2)Oc2ccccc21. The van der Waals surface area contributed by atoms with E-state index in [1.54, 1.807) is 0 Å². The van der Waals surface area contributed by atoms with Crippen LogP contribution in [0.4, 0.5) is 5.95 Å². The van der Waals surface area contributed by atoms with Crippen molar-refractivity contribution in [2.24, 2.45) is 5.92 Å².